The maximum Gasteiger partial charge on any atom is 0.224 e. The van der Waals surface area contributed by atoms with Gasteiger partial charge in [0.15, 0.2) is 0 Å². The highest BCUT2D eigenvalue weighted by molar-refractivity contribution is 5.76. The molecule has 0 radical (unpaired) electrons. The molecule has 1 aliphatic rings. The second kappa shape index (κ2) is 7.25. The van der Waals surface area contributed by atoms with E-state index in [9.17, 15) is 4.79 Å². The van der Waals surface area contributed by atoms with Crippen LogP contribution in [0.15, 0.2) is 12.5 Å². The SMILES string of the molecule is CCn1cncc1CNCCC(=O)N1CCOCC1. The van der Waals surface area contributed by atoms with Crippen LogP contribution < -0.4 is 5.32 Å². The lowest BCUT2D eigenvalue weighted by atomic mass is 10.3. The van der Waals surface area contributed by atoms with E-state index in [1.807, 2.05) is 17.4 Å². The molecule has 1 aliphatic heterocycles. The Kier molecular flexibility index (Phi) is 5.35. The highest BCUT2D eigenvalue weighted by Crippen LogP contribution is 2.01. The molecule has 0 saturated carbocycles. The van der Waals surface area contributed by atoms with Crippen molar-refractivity contribution in [2.24, 2.45) is 0 Å². The average Bonchev–Trinajstić information content (AvgIpc) is 2.91. The van der Waals surface area contributed by atoms with Gasteiger partial charge in [0, 0.05) is 45.3 Å². The summed E-state index contributed by atoms with van der Waals surface area (Å²) in [6.45, 7) is 7.23. The molecule has 1 saturated heterocycles. The van der Waals surface area contributed by atoms with Gasteiger partial charge in [-0.25, -0.2) is 4.98 Å². The molecule has 1 aromatic heterocycles. The van der Waals surface area contributed by atoms with Crippen molar-refractivity contribution in [3.63, 3.8) is 0 Å². The number of aromatic nitrogens is 2. The fraction of sp³-hybridized carbons (Fsp3) is 0.692. The van der Waals surface area contributed by atoms with Gasteiger partial charge in [0.05, 0.1) is 25.2 Å². The number of morpholine rings is 1. The van der Waals surface area contributed by atoms with E-state index in [2.05, 4.69) is 21.8 Å². The number of imidazole rings is 1. The zero-order valence-electron chi connectivity index (χ0n) is 11.5. The van der Waals surface area contributed by atoms with Crippen LogP contribution in [0.3, 0.4) is 0 Å². The van der Waals surface area contributed by atoms with Gasteiger partial charge in [-0.3, -0.25) is 4.79 Å². The number of nitrogens with one attached hydrogen (secondary N) is 1. The summed E-state index contributed by atoms with van der Waals surface area (Å²) in [5.41, 5.74) is 1.15. The Bertz CT molecular complexity index is 399. The van der Waals surface area contributed by atoms with Crippen LogP contribution in [0.5, 0.6) is 0 Å². The van der Waals surface area contributed by atoms with E-state index in [0.29, 0.717) is 26.2 Å². The molecule has 0 aliphatic carbocycles. The molecule has 2 rings (SSSR count). The molecule has 1 fully saturated rings. The number of hydrogen-bond donors (Lipinski definition) is 1. The van der Waals surface area contributed by atoms with E-state index in [-0.39, 0.29) is 5.91 Å². The summed E-state index contributed by atoms with van der Waals surface area (Å²) in [6, 6.07) is 0. The summed E-state index contributed by atoms with van der Waals surface area (Å²) in [7, 11) is 0. The van der Waals surface area contributed by atoms with Crippen LogP contribution in [0.1, 0.15) is 19.0 Å². The highest BCUT2D eigenvalue weighted by atomic mass is 16.5. The summed E-state index contributed by atoms with van der Waals surface area (Å²) in [5, 5.41) is 3.29. The Balaban J connectivity index is 1.65. The molecule has 19 heavy (non-hydrogen) atoms. The molecule has 0 atom stereocenters. The minimum atomic E-state index is 0.208. The summed E-state index contributed by atoms with van der Waals surface area (Å²) >= 11 is 0. The minimum Gasteiger partial charge on any atom is -0.378 e. The Morgan fingerprint density at radius 1 is 1.47 bits per heavy atom. The van der Waals surface area contributed by atoms with Gasteiger partial charge in [0.25, 0.3) is 0 Å². The molecule has 0 unspecified atom stereocenters. The first-order chi connectivity index (χ1) is 9.31. The normalized spacial score (nSPS) is 15.7. The molecule has 6 heteroatoms. The maximum atomic E-state index is 11.9. The van der Waals surface area contributed by atoms with Crippen LogP contribution in [-0.2, 0) is 22.6 Å². The van der Waals surface area contributed by atoms with Gasteiger partial charge in [0.2, 0.25) is 5.91 Å². The van der Waals surface area contributed by atoms with E-state index in [1.54, 1.807) is 0 Å². The Labute approximate surface area is 113 Å². The maximum absolute atomic E-state index is 11.9. The predicted molar refractivity (Wildman–Crippen MR) is 71.6 cm³/mol. The molecule has 2 heterocycles. The quantitative estimate of drug-likeness (QED) is 0.749. The van der Waals surface area contributed by atoms with Crippen LogP contribution in [0.25, 0.3) is 0 Å². The predicted octanol–water partition coefficient (Wildman–Crippen LogP) is 0.242. The van der Waals surface area contributed by atoms with E-state index in [0.717, 1.165) is 31.9 Å². The number of hydrogen-bond acceptors (Lipinski definition) is 4. The molecule has 0 bridgehead atoms. The first-order valence-corrected chi connectivity index (χ1v) is 6.86. The smallest absolute Gasteiger partial charge is 0.224 e. The van der Waals surface area contributed by atoms with Gasteiger partial charge in [-0.1, -0.05) is 0 Å². The number of ether oxygens (including phenoxy) is 1. The van der Waals surface area contributed by atoms with Crippen molar-refractivity contribution in [3.8, 4) is 0 Å². The average molecular weight is 266 g/mol. The van der Waals surface area contributed by atoms with Gasteiger partial charge in [-0.15, -0.1) is 0 Å². The van der Waals surface area contributed by atoms with E-state index >= 15 is 0 Å². The third-order valence-electron chi connectivity index (χ3n) is 3.32. The van der Waals surface area contributed by atoms with Crippen molar-refractivity contribution in [1.29, 1.82) is 0 Å². The number of amides is 1. The van der Waals surface area contributed by atoms with E-state index in [4.69, 9.17) is 4.74 Å². The number of rotatable bonds is 6. The van der Waals surface area contributed by atoms with Gasteiger partial charge >= 0.3 is 0 Å². The summed E-state index contributed by atoms with van der Waals surface area (Å²) in [4.78, 5) is 17.9. The van der Waals surface area contributed by atoms with Crippen LogP contribution in [0, 0.1) is 0 Å². The second-order valence-corrected chi connectivity index (χ2v) is 4.59. The fourth-order valence-electron chi connectivity index (χ4n) is 2.16. The van der Waals surface area contributed by atoms with Crippen LogP contribution in [-0.4, -0.2) is 53.2 Å². The van der Waals surface area contributed by atoms with Gasteiger partial charge in [-0.05, 0) is 6.92 Å². The topological polar surface area (TPSA) is 59.4 Å². The third-order valence-corrected chi connectivity index (χ3v) is 3.32. The zero-order chi connectivity index (χ0) is 13.5. The van der Waals surface area contributed by atoms with Crippen LogP contribution >= 0.6 is 0 Å². The third kappa shape index (κ3) is 4.04. The number of aryl methyl sites for hydroxylation is 1. The second-order valence-electron chi connectivity index (χ2n) is 4.59. The number of carbonyl (C=O) groups is 1. The molecular formula is C13H22N4O2. The molecular weight excluding hydrogens is 244 g/mol. The number of carbonyl (C=O) groups excluding carboxylic acids is 1. The van der Waals surface area contributed by atoms with Crippen molar-refractivity contribution >= 4 is 5.91 Å². The molecule has 1 amide bonds. The van der Waals surface area contributed by atoms with E-state index < -0.39 is 0 Å². The van der Waals surface area contributed by atoms with E-state index in [1.165, 1.54) is 0 Å². The number of nitrogens with zero attached hydrogens (tertiary/aromatic N) is 3. The zero-order valence-corrected chi connectivity index (χ0v) is 11.5. The van der Waals surface area contributed by atoms with Crippen LogP contribution in [0.4, 0.5) is 0 Å². The monoisotopic (exact) mass is 266 g/mol. The lowest BCUT2D eigenvalue weighted by Crippen LogP contribution is -2.41. The van der Waals surface area contributed by atoms with Crippen molar-refractivity contribution < 1.29 is 9.53 Å². The van der Waals surface area contributed by atoms with Crippen molar-refractivity contribution in [3.05, 3.63) is 18.2 Å². The van der Waals surface area contributed by atoms with Crippen molar-refractivity contribution in [1.82, 2.24) is 19.8 Å². The van der Waals surface area contributed by atoms with Gasteiger partial charge in [0.1, 0.15) is 0 Å². The molecule has 1 N–H and O–H groups in total. The lowest BCUT2D eigenvalue weighted by Gasteiger charge is -2.26. The molecule has 0 spiro atoms. The Morgan fingerprint density at radius 2 is 2.26 bits per heavy atom. The Hall–Kier alpha value is -1.40. The first-order valence-electron chi connectivity index (χ1n) is 6.86. The van der Waals surface area contributed by atoms with Crippen molar-refractivity contribution in [2.75, 3.05) is 32.8 Å². The standard InChI is InChI=1S/C13H22N4O2/c1-2-16-11-15-10-12(16)9-14-4-3-13(18)17-5-7-19-8-6-17/h10-11,14H,2-9H2,1H3. The molecule has 6 nitrogen and oxygen atoms in total. The molecule has 0 aromatic carbocycles. The van der Waals surface area contributed by atoms with Gasteiger partial charge in [-0.2, -0.15) is 0 Å². The fourth-order valence-corrected chi connectivity index (χ4v) is 2.16. The van der Waals surface area contributed by atoms with Crippen LogP contribution in [0.2, 0.25) is 0 Å². The minimum absolute atomic E-state index is 0.208. The summed E-state index contributed by atoms with van der Waals surface area (Å²) < 4.78 is 7.32. The highest BCUT2D eigenvalue weighted by Gasteiger charge is 2.15. The molecule has 1 aromatic rings. The first kappa shape index (κ1) is 14.0. The summed E-state index contributed by atoms with van der Waals surface area (Å²) in [6.07, 6.45) is 4.23. The van der Waals surface area contributed by atoms with Gasteiger partial charge < -0.3 is 19.5 Å². The summed E-state index contributed by atoms with van der Waals surface area (Å²) in [5.74, 6) is 0.208. The van der Waals surface area contributed by atoms with Crippen molar-refractivity contribution in [2.45, 2.75) is 26.4 Å². The Morgan fingerprint density at radius 3 is 3.00 bits per heavy atom. The molecule has 106 valence electrons. The largest absolute Gasteiger partial charge is 0.378 e. The lowest BCUT2D eigenvalue weighted by molar-refractivity contribution is -0.135.